The summed E-state index contributed by atoms with van der Waals surface area (Å²) in [6.45, 7) is 2.40. The zero-order chi connectivity index (χ0) is 22.1. The molecule has 160 valence electrons. The minimum absolute atomic E-state index is 0.0624. The van der Waals surface area contributed by atoms with Gasteiger partial charge in [0, 0.05) is 12.6 Å². The molecule has 2 heterocycles. The Morgan fingerprint density at radius 1 is 1.10 bits per heavy atom. The number of nitrogens with zero attached hydrogens (tertiary/aromatic N) is 6. The Morgan fingerprint density at radius 2 is 1.90 bits per heavy atom. The van der Waals surface area contributed by atoms with Crippen molar-refractivity contribution in [3.8, 4) is 0 Å². The third-order valence-electron chi connectivity index (χ3n) is 4.27. The first-order chi connectivity index (χ1) is 15.1. The Bertz CT molecular complexity index is 1060. The van der Waals surface area contributed by atoms with E-state index in [-0.39, 0.29) is 11.5 Å². The van der Waals surface area contributed by atoms with Gasteiger partial charge in [-0.05, 0) is 29.0 Å². The van der Waals surface area contributed by atoms with E-state index in [1.165, 1.54) is 10.7 Å². The van der Waals surface area contributed by atoms with Crippen LogP contribution >= 0.6 is 0 Å². The van der Waals surface area contributed by atoms with E-state index >= 15 is 0 Å². The molecule has 0 spiro atoms. The van der Waals surface area contributed by atoms with Crippen LogP contribution in [0.4, 0.5) is 10.6 Å². The van der Waals surface area contributed by atoms with Gasteiger partial charge in [0.05, 0.1) is 6.61 Å². The van der Waals surface area contributed by atoms with Crippen molar-refractivity contribution in [3.05, 3.63) is 65.6 Å². The highest BCUT2D eigenvalue weighted by molar-refractivity contribution is 6.16. The molecule has 0 aliphatic carbocycles. The van der Waals surface area contributed by atoms with E-state index in [0.717, 1.165) is 19.3 Å². The fourth-order valence-corrected chi connectivity index (χ4v) is 2.71. The summed E-state index contributed by atoms with van der Waals surface area (Å²) in [5.41, 5.74) is 1.06. The molecular weight excluding hydrogens is 398 g/mol. The number of ether oxygens (including phenoxy) is 1. The van der Waals surface area contributed by atoms with Crippen LogP contribution in [-0.4, -0.2) is 49.5 Å². The van der Waals surface area contributed by atoms with E-state index in [2.05, 4.69) is 37.7 Å². The number of benzene rings is 1. The van der Waals surface area contributed by atoms with E-state index in [1.54, 1.807) is 31.3 Å². The van der Waals surface area contributed by atoms with Crippen LogP contribution in [0.2, 0.25) is 0 Å². The lowest BCUT2D eigenvalue weighted by Gasteiger charge is -2.07. The number of unbranched alkanes of at least 4 members (excludes halogenated alkanes) is 2. The molecule has 0 aliphatic heterocycles. The van der Waals surface area contributed by atoms with E-state index < -0.39 is 12.0 Å². The Balaban J connectivity index is 1.79. The highest BCUT2D eigenvalue weighted by atomic mass is 16.5. The third kappa shape index (κ3) is 6.01. The van der Waals surface area contributed by atoms with Gasteiger partial charge in [-0.2, -0.15) is 0 Å². The van der Waals surface area contributed by atoms with Crippen molar-refractivity contribution in [1.82, 2.24) is 25.2 Å². The highest BCUT2D eigenvalue weighted by Crippen LogP contribution is 2.11. The zero-order valence-electron chi connectivity index (χ0n) is 17.4. The van der Waals surface area contributed by atoms with Gasteiger partial charge in [-0.1, -0.05) is 56.2 Å². The SMILES string of the molecule is CCCCCOC(=O)Nc1cccc(C(=O)N=C(c2ccccc2)c2nnnn2C)n1. The van der Waals surface area contributed by atoms with Gasteiger partial charge in [-0.15, -0.1) is 5.10 Å². The number of nitrogens with one attached hydrogen (secondary N) is 1. The molecule has 2 aromatic heterocycles. The van der Waals surface area contributed by atoms with Gasteiger partial charge in [0.1, 0.15) is 17.2 Å². The lowest BCUT2D eigenvalue weighted by molar-refractivity contribution is 0.0998. The van der Waals surface area contributed by atoms with Gasteiger partial charge in [0.25, 0.3) is 5.91 Å². The number of carbonyl (C=O) groups excluding carboxylic acids is 2. The number of hydrogen-bond acceptors (Lipinski definition) is 7. The number of amides is 2. The van der Waals surface area contributed by atoms with Crippen LogP contribution in [-0.2, 0) is 11.8 Å². The number of pyridine rings is 1. The Labute approximate surface area is 179 Å². The molecule has 3 aromatic rings. The summed E-state index contributed by atoms with van der Waals surface area (Å²) in [6.07, 6.45) is 2.20. The number of carbonyl (C=O) groups is 2. The molecule has 2 amide bonds. The lowest BCUT2D eigenvalue weighted by atomic mass is 10.1. The van der Waals surface area contributed by atoms with Crippen LogP contribution in [0, 0.1) is 0 Å². The fraction of sp³-hybridized carbons (Fsp3) is 0.286. The molecule has 0 radical (unpaired) electrons. The molecule has 10 nitrogen and oxygen atoms in total. The Kier molecular flexibility index (Phi) is 7.52. The Hall–Kier alpha value is -3.95. The smallest absolute Gasteiger partial charge is 0.412 e. The van der Waals surface area contributed by atoms with Crippen molar-refractivity contribution >= 4 is 23.5 Å². The summed E-state index contributed by atoms with van der Waals surface area (Å²) in [5.74, 6) is -0.0607. The van der Waals surface area contributed by atoms with Gasteiger partial charge < -0.3 is 4.74 Å². The molecular formula is C21H23N7O3. The molecule has 0 bridgehead atoms. The van der Waals surface area contributed by atoms with Crippen molar-refractivity contribution in [1.29, 1.82) is 0 Å². The quantitative estimate of drug-likeness (QED) is 0.438. The monoisotopic (exact) mass is 421 g/mol. The van der Waals surface area contributed by atoms with Crippen LogP contribution in [0.1, 0.15) is 48.1 Å². The summed E-state index contributed by atoms with van der Waals surface area (Å²) in [6, 6.07) is 13.8. The largest absolute Gasteiger partial charge is 0.449 e. The van der Waals surface area contributed by atoms with Crippen LogP contribution in [0.3, 0.4) is 0 Å². The van der Waals surface area contributed by atoms with E-state index in [1.807, 2.05) is 18.2 Å². The second-order valence-electron chi connectivity index (χ2n) is 6.63. The van der Waals surface area contributed by atoms with Crippen molar-refractivity contribution in [3.63, 3.8) is 0 Å². The third-order valence-corrected chi connectivity index (χ3v) is 4.27. The maximum absolute atomic E-state index is 12.8. The maximum Gasteiger partial charge on any atom is 0.412 e. The number of aliphatic imine (C=N–C) groups is 1. The van der Waals surface area contributed by atoms with Crippen LogP contribution in [0.5, 0.6) is 0 Å². The first-order valence-corrected chi connectivity index (χ1v) is 9.90. The molecule has 1 N–H and O–H groups in total. The highest BCUT2D eigenvalue weighted by Gasteiger charge is 2.17. The number of rotatable bonds is 8. The zero-order valence-corrected chi connectivity index (χ0v) is 17.4. The van der Waals surface area contributed by atoms with Crippen molar-refractivity contribution < 1.29 is 14.3 Å². The van der Waals surface area contributed by atoms with E-state index in [9.17, 15) is 9.59 Å². The fourth-order valence-electron chi connectivity index (χ4n) is 2.71. The Morgan fingerprint density at radius 3 is 2.61 bits per heavy atom. The molecule has 0 fully saturated rings. The number of anilines is 1. The summed E-state index contributed by atoms with van der Waals surface area (Å²) in [4.78, 5) is 33.1. The standard InChI is InChI=1S/C21H23N7O3/c1-3-4-8-14-31-21(30)23-17-13-9-12-16(22-17)20(29)24-18(15-10-6-5-7-11-15)19-25-26-27-28(19)2/h5-7,9-13H,3-4,8,14H2,1-2H3,(H,22,23,30). The van der Waals surface area contributed by atoms with E-state index in [0.29, 0.717) is 23.7 Å². The first-order valence-electron chi connectivity index (χ1n) is 9.90. The molecule has 10 heteroatoms. The van der Waals surface area contributed by atoms with Crippen LogP contribution in [0.15, 0.2) is 53.5 Å². The van der Waals surface area contributed by atoms with Gasteiger partial charge in [0.2, 0.25) is 5.82 Å². The van der Waals surface area contributed by atoms with Crippen LogP contribution < -0.4 is 5.32 Å². The predicted molar refractivity (Wildman–Crippen MR) is 114 cm³/mol. The maximum atomic E-state index is 12.8. The van der Waals surface area contributed by atoms with Crippen molar-refractivity contribution in [2.24, 2.45) is 12.0 Å². The van der Waals surface area contributed by atoms with Crippen LogP contribution in [0.25, 0.3) is 0 Å². The number of aryl methyl sites for hydroxylation is 1. The molecule has 0 atom stereocenters. The molecule has 0 unspecified atom stereocenters. The van der Waals surface area contributed by atoms with Crippen molar-refractivity contribution in [2.75, 3.05) is 11.9 Å². The minimum atomic E-state index is -0.619. The topological polar surface area (TPSA) is 124 Å². The number of tetrazole rings is 1. The van der Waals surface area contributed by atoms with Gasteiger partial charge >= 0.3 is 6.09 Å². The normalized spacial score (nSPS) is 11.2. The molecule has 0 saturated carbocycles. The molecule has 3 rings (SSSR count). The van der Waals surface area contributed by atoms with Gasteiger partial charge in [0.15, 0.2) is 0 Å². The molecule has 1 aromatic carbocycles. The van der Waals surface area contributed by atoms with E-state index in [4.69, 9.17) is 4.74 Å². The summed E-state index contributed by atoms with van der Waals surface area (Å²) >= 11 is 0. The lowest BCUT2D eigenvalue weighted by Crippen LogP contribution is -2.17. The molecule has 0 aliphatic rings. The minimum Gasteiger partial charge on any atom is -0.449 e. The number of aromatic nitrogens is 5. The first kappa shape index (κ1) is 21.8. The average molecular weight is 421 g/mol. The summed E-state index contributed by atoms with van der Waals surface area (Å²) in [5, 5.41) is 13.9. The summed E-state index contributed by atoms with van der Waals surface area (Å²) < 4.78 is 6.54. The second-order valence-corrected chi connectivity index (χ2v) is 6.63. The number of hydrogen-bond donors (Lipinski definition) is 1. The molecule has 31 heavy (non-hydrogen) atoms. The summed E-state index contributed by atoms with van der Waals surface area (Å²) in [7, 11) is 1.66. The van der Waals surface area contributed by atoms with Gasteiger partial charge in [-0.25, -0.2) is 19.5 Å². The average Bonchev–Trinajstić information content (AvgIpc) is 3.21. The van der Waals surface area contributed by atoms with Gasteiger partial charge in [-0.3, -0.25) is 10.1 Å². The molecule has 0 saturated heterocycles. The van der Waals surface area contributed by atoms with Crippen molar-refractivity contribution in [2.45, 2.75) is 26.2 Å². The predicted octanol–water partition coefficient (Wildman–Crippen LogP) is 3.02. The second kappa shape index (κ2) is 10.7.